The average Bonchev–Trinajstić information content (AvgIpc) is 2.28. The van der Waals surface area contributed by atoms with Crippen LogP contribution in [0.3, 0.4) is 0 Å². The first-order chi connectivity index (χ1) is 8.69. The van der Waals surface area contributed by atoms with Crippen LogP contribution >= 0.6 is 0 Å². The lowest BCUT2D eigenvalue weighted by atomic mass is 9.63. The summed E-state index contributed by atoms with van der Waals surface area (Å²) in [6.07, 6.45) is 3.60. The number of carbonyl (C=O) groups is 1. The number of aliphatic hydroxyl groups excluding tert-OH is 1. The van der Waals surface area contributed by atoms with Crippen LogP contribution < -0.4 is 5.32 Å². The van der Waals surface area contributed by atoms with Crippen LogP contribution in [-0.4, -0.2) is 24.2 Å². The molecule has 98 valence electrons. The Bertz CT molecular complexity index is 424. The molecule has 0 spiro atoms. The molecule has 0 aliphatic heterocycles. The summed E-state index contributed by atoms with van der Waals surface area (Å²) in [6.45, 7) is 2.74. The number of aliphatic hydroxyl groups is 1. The molecule has 1 aliphatic rings. The van der Waals surface area contributed by atoms with Gasteiger partial charge in [-0.05, 0) is 31.7 Å². The summed E-state index contributed by atoms with van der Waals surface area (Å²) in [7, 11) is 0. The minimum Gasteiger partial charge on any atom is -0.396 e. The van der Waals surface area contributed by atoms with Gasteiger partial charge in [0.15, 0.2) is 0 Å². The topological polar surface area (TPSA) is 49.3 Å². The van der Waals surface area contributed by atoms with Gasteiger partial charge in [0.05, 0.1) is 5.41 Å². The fraction of sp³-hybridized carbons (Fsp3) is 0.533. The Morgan fingerprint density at radius 1 is 1.44 bits per heavy atom. The zero-order chi connectivity index (χ0) is 13.0. The fourth-order valence-corrected chi connectivity index (χ4v) is 2.57. The number of hydrogen-bond acceptors (Lipinski definition) is 2. The van der Waals surface area contributed by atoms with Gasteiger partial charge in [-0.15, -0.1) is 0 Å². The van der Waals surface area contributed by atoms with Crippen molar-refractivity contribution < 1.29 is 9.90 Å². The van der Waals surface area contributed by atoms with E-state index in [1.807, 2.05) is 6.07 Å². The lowest BCUT2D eigenvalue weighted by Gasteiger charge is -2.41. The zero-order valence-corrected chi connectivity index (χ0v) is 10.9. The second-order valence-corrected chi connectivity index (χ2v) is 5.14. The predicted molar refractivity (Wildman–Crippen MR) is 71.4 cm³/mol. The second-order valence-electron chi connectivity index (χ2n) is 5.14. The SMILES string of the molecule is Cc1cccc(C2(C(=O)NCCCO)CCC2)c1. The van der Waals surface area contributed by atoms with Crippen molar-refractivity contribution in [3.63, 3.8) is 0 Å². The van der Waals surface area contributed by atoms with Gasteiger partial charge < -0.3 is 10.4 Å². The van der Waals surface area contributed by atoms with E-state index in [9.17, 15) is 4.79 Å². The highest BCUT2D eigenvalue weighted by atomic mass is 16.3. The van der Waals surface area contributed by atoms with E-state index in [4.69, 9.17) is 5.11 Å². The van der Waals surface area contributed by atoms with Crippen molar-refractivity contribution in [1.82, 2.24) is 5.32 Å². The predicted octanol–water partition coefficient (Wildman–Crippen LogP) is 1.92. The summed E-state index contributed by atoms with van der Waals surface area (Å²) in [5.74, 6) is 0.118. The third-order valence-corrected chi connectivity index (χ3v) is 3.83. The van der Waals surface area contributed by atoms with Crippen LogP contribution in [0.2, 0.25) is 0 Å². The van der Waals surface area contributed by atoms with E-state index in [0.29, 0.717) is 13.0 Å². The number of carbonyl (C=O) groups excluding carboxylic acids is 1. The van der Waals surface area contributed by atoms with E-state index in [-0.39, 0.29) is 17.9 Å². The third-order valence-electron chi connectivity index (χ3n) is 3.83. The van der Waals surface area contributed by atoms with Crippen LogP contribution in [-0.2, 0) is 10.2 Å². The molecule has 1 fully saturated rings. The van der Waals surface area contributed by atoms with Gasteiger partial charge in [-0.1, -0.05) is 36.2 Å². The van der Waals surface area contributed by atoms with E-state index in [0.717, 1.165) is 24.8 Å². The molecule has 3 heteroatoms. The molecular formula is C15H21NO2. The molecule has 2 rings (SSSR count). The van der Waals surface area contributed by atoms with Crippen molar-refractivity contribution in [1.29, 1.82) is 0 Å². The molecule has 0 atom stereocenters. The molecule has 3 nitrogen and oxygen atoms in total. The summed E-state index contributed by atoms with van der Waals surface area (Å²) in [4.78, 5) is 12.3. The van der Waals surface area contributed by atoms with E-state index >= 15 is 0 Å². The van der Waals surface area contributed by atoms with Crippen LogP contribution in [0, 0.1) is 6.92 Å². The summed E-state index contributed by atoms with van der Waals surface area (Å²) in [5, 5.41) is 11.7. The van der Waals surface area contributed by atoms with Crippen molar-refractivity contribution in [2.24, 2.45) is 0 Å². The molecule has 0 saturated heterocycles. The van der Waals surface area contributed by atoms with Gasteiger partial charge in [-0.2, -0.15) is 0 Å². The van der Waals surface area contributed by atoms with Gasteiger partial charge in [0.1, 0.15) is 0 Å². The maximum absolute atomic E-state index is 12.3. The molecule has 0 aromatic heterocycles. The van der Waals surface area contributed by atoms with Crippen molar-refractivity contribution in [3.8, 4) is 0 Å². The molecule has 0 radical (unpaired) electrons. The highest BCUT2D eigenvalue weighted by Gasteiger charge is 2.45. The number of hydrogen-bond donors (Lipinski definition) is 2. The van der Waals surface area contributed by atoms with E-state index in [2.05, 4.69) is 30.4 Å². The standard InChI is InChI=1S/C15H21NO2/c1-12-5-2-6-13(11-12)15(7-3-8-15)14(18)16-9-4-10-17/h2,5-6,11,17H,3-4,7-10H2,1H3,(H,16,18). The van der Waals surface area contributed by atoms with Crippen LogP contribution in [0.4, 0.5) is 0 Å². The lowest BCUT2D eigenvalue weighted by Crippen LogP contribution is -2.49. The van der Waals surface area contributed by atoms with Crippen molar-refractivity contribution >= 4 is 5.91 Å². The van der Waals surface area contributed by atoms with E-state index in [1.54, 1.807) is 0 Å². The first-order valence-corrected chi connectivity index (χ1v) is 6.65. The monoisotopic (exact) mass is 247 g/mol. The second kappa shape index (κ2) is 5.53. The third kappa shape index (κ3) is 2.41. The summed E-state index contributed by atoms with van der Waals surface area (Å²) in [5.41, 5.74) is 2.01. The van der Waals surface area contributed by atoms with Gasteiger partial charge in [0.2, 0.25) is 5.91 Å². The molecule has 1 aliphatic carbocycles. The van der Waals surface area contributed by atoms with Crippen molar-refractivity contribution in [2.75, 3.05) is 13.2 Å². The molecule has 0 unspecified atom stereocenters. The van der Waals surface area contributed by atoms with E-state index in [1.165, 1.54) is 5.56 Å². The number of benzene rings is 1. The number of aryl methyl sites for hydroxylation is 1. The van der Waals surface area contributed by atoms with Gasteiger partial charge >= 0.3 is 0 Å². The normalized spacial score (nSPS) is 17.0. The molecule has 1 amide bonds. The summed E-state index contributed by atoms with van der Waals surface area (Å²) >= 11 is 0. The maximum atomic E-state index is 12.3. The quantitative estimate of drug-likeness (QED) is 0.781. The Kier molecular flexibility index (Phi) is 4.02. The highest BCUT2D eigenvalue weighted by molar-refractivity contribution is 5.89. The van der Waals surface area contributed by atoms with Crippen LogP contribution in [0.5, 0.6) is 0 Å². The molecular weight excluding hydrogens is 226 g/mol. The Morgan fingerprint density at radius 2 is 2.22 bits per heavy atom. The van der Waals surface area contributed by atoms with Gasteiger partial charge in [0, 0.05) is 13.2 Å². The molecule has 1 aromatic rings. The van der Waals surface area contributed by atoms with Crippen molar-refractivity contribution in [3.05, 3.63) is 35.4 Å². The van der Waals surface area contributed by atoms with Crippen molar-refractivity contribution in [2.45, 2.75) is 38.0 Å². The van der Waals surface area contributed by atoms with E-state index < -0.39 is 0 Å². The molecule has 0 heterocycles. The Morgan fingerprint density at radius 3 is 2.78 bits per heavy atom. The molecule has 18 heavy (non-hydrogen) atoms. The molecule has 2 N–H and O–H groups in total. The summed E-state index contributed by atoms with van der Waals surface area (Å²) in [6, 6.07) is 8.24. The first kappa shape index (κ1) is 13.1. The lowest BCUT2D eigenvalue weighted by molar-refractivity contribution is -0.129. The minimum absolute atomic E-state index is 0.118. The first-order valence-electron chi connectivity index (χ1n) is 6.65. The highest BCUT2D eigenvalue weighted by Crippen LogP contribution is 2.44. The number of amides is 1. The molecule has 0 bridgehead atoms. The maximum Gasteiger partial charge on any atom is 0.230 e. The largest absolute Gasteiger partial charge is 0.396 e. The Hall–Kier alpha value is -1.35. The van der Waals surface area contributed by atoms with Crippen LogP contribution in [0.25, 0.3) is 0 Å². The van der Waals surface area contributed by atoms with Gasteiger partial charge in [-0.3, -0.25) is 4.79 Å². The smallest absolute Gasteiger partial charge is 0.230 e. The average molecular weight is 247 g/mol. The molecule has 1 aromatic carbocycles. The number of rotatable bonds is 5. The Balaban J connectivity index is 2.13. The van der Waals surface area contributed by atoms with Crippen LogP contribution in [0.15, 0.2) is 24.3 Å². The Labute approximate surface area is 108 Å². The van der Waals surface area contributed by atoms with Gasteiger partial charge in [0.25, 0.3) is 0 Å². The minimum atomic E-state index is -0.318. The fourth-order valence-electron chi connectivity index (χ4n) is 2.57. The zero-order valence-electron chi connectivity index (χ0n) is 10.9. The van der Waals surface area contributed by atoms with Gasteiger partial charge in [-0.25, -0.2) is 0 Å². The number of nitrogens with one attached hydrogen (secondary N) is 1. The van der Waals surface area contributed by atoms with Crippen LogP contribution in [0.1, 0.15) is 36.8 Å². The summed E-state index contributed by atoms with van der Waals surface area (Å²) < 4.78 is 0. The molecule has 1 saturated carbocycles.